The molecule has 2 aromatic carbocycles. The van der Waals surface area contributed by atoms with E-state index in [1.54, 1.807) is 12.1 Å². The number of rotatable bonds is 6. The van der Waals surface area contributed by atoms with Gasteiger partial charge in [0.1, 0.15) is 21.9 Å². The molecule has 0 unspecified atom stereocenters. The van der Waals surface area contributed by atoms with Crippen molar-refractivity contribution < 1.29 is 32.2 Å². The molecule has 1 fully saturated rings. The van der Waals surface area contributed by atoms with E-state index in [-0.39, 0.29) is 27.0 Å². The van der Waals surface area contributed by atoms with E-state index < -0.39 is 35.4 Å². The SMILES string of the molecule is COC(=O)[C@@H](N)Cc1ccc(Oc2ccc(C=C3SC(=S)NC3=O)cc2C(F)(F)F)cc1. The van der Waals surface area contributed by atoms with Crippen LogP contribution in [0.25, 0.3) is 6.08 Å². The summed E-state index contributed by atoms with van der Waals surface area (Å²) in [4.78, 5) is 23.4. The number of esters is 1. The summed E-state index contributed by atoms with van der Waals surface area (Å²) in [6.45, 7) is 0. The number of halogens is 3. The first kappa shape index (κ1) is 23.8. The molecule has 1 heterocycles. The molecule has 1 aliphatic rings. The second kappa shape index (κ2) is 9.72. The fourth-order valence-corrected chi connectivity index (χ4v) is 3.87. The Morgan fingerprint density at radius 1 is 1.25 bits per heavy atom. The van der Waals surface area contributed by atoms with Crippen LogP contribution in [0, 0.1) is 0 Å². The lowest BCUT2D eigenvalue weighted by Crippen LogP contribution is -2.33. The maximum Gasteiger partial charge on any atom is 0.420 e. The Bertz CT molecular complexity index is 1090. The first-order valence-electron chi connectivity index (χ1n) is 9.13. The van der Waals surface area contributed by atoms with Crippen molar-refractivity contribution in [1.29, 1.82) is 0 Å². The van der Waals surface area contributed by atoms with Crippen LogP contribution in [0.1, 0.15) is 16.7 Å². The van der Waals surface area contributed by atoms with E-state index in [2.05, 4.69) is 10.1 Å². The van der Waals surface area contributed by atoms with Crippen molar-refractivity contribution in [3.05, 3.63) is 64.1 Å². The van der Waals surface area contributed by atoms with Crippen molar-refractivity contribution in [3.8, 4) is 11.5 Å². The third-order valence-corrected chi connectivity index (χ3v) is 5.52. The van der Waals surface area contributed by atoms with E-state index in [0.29, 0.717) is 5.56 Å². The highest BCUT2D eigenvalue weighted by atomic mass is 32.2. The van der Waals surface area contributed by atoms with Crippen LogP contribution in [-0.4, -0.2) is 29.3 Å². The van der Waals surface area contributed by atoms with Gasteiger partial charge in [-0.1, -0.05) is 42.2 Å². The fraction of sp³-hybridized carbons (Fsp3) is 0.190. The lowest BCUT2D eigenvalue weighted by molar-refractivity contribution is -0.142. The Labute approximate surface area is 190 Å². The maximum atomic E-state index is 13.6. The topological polar surface area (TPSA) is 90.7 Å². The summed E-state index contributed by atoms with van der Waals surface area (Å²) in [5.74, 6) is -1.24. The highest BCUT2D eigenvalue weighted by molar-refractivity contribution is 8.26. The molecule has 0 aliphatic carbocycles. The minimum absolute atomic E-state index is 0.174. The van der Waals surface area contributed by atoms with Gasteiger partial charge in [0.15, 0.2) is 0 Å². The van der Waals surface area contributed by atoms with Crippen molar-refractivity contribution in [1.82, 2.24) is 5.32 Å². The largest absolute Gasteiger partial charge is 0.468 e. The van der Waals surface area contributed by atoms with Gasteiger partial charge in [-0.3, -0.25) is 9.59 Å². The molecule has 1 saturated heterocycles. The van der Waals surface area contributed by atoms with Crippen LogP contribution in [0.15, 0.2) is 47.4 Å². The molecule has 3 N–H and O–H groups in total. The van der Waals surface area contributed by atoms with Crippen molar-refractivity contribution in [3.63, 3.8) is 0 Å². The molecule has 0 spiro atoms. The van der Waals surface area contributed by atoms with Crippen molar-refractivity contribution >= 4 is 46.3 Å². The number of ether oxygens (including phenoxy) is 2. The van der Waals surface area contributed by atoms with Crippen LogP contribution < -0.4 is 15.8 Å². The van der Waals surface area contributed by atoms with Gasteiger partial charge in [0.2, 0.25) is 0 Å². The third kappa shape index (κ3) is 5.87. The number of nitrogens with two attached hydrogens (primary N) is 1. The van der Waals surface area contributed by atoms with Gasteiger partial charge in [0.25, 0.3) is 5.91 Å². The first-order chi connectivity index (χ1) is 15.1. The maximum absolute atomic E-state index is 13.6. The van der Waals surface area contributed by atoms with E-state index in [0.717, 1.165) is 17.8 Å². The second-order valence-corrected chi connectivity index (χ2v) is 8.40. The van der Waals surface area contributed by atoms with Crippen LogP contribution in [0.3, 0.4) is 0 Å². The lowest BCUT2D eigenvalue weighted by Gasteiger charge is -2.15. The number of nitrogens with one attached hydrogen (secondary N) is 1. The summed E-state index contributed by atoms with van der Waals surface area (Å²) in [7, 11) is 1.23. The van der Waals surface area contributed by atoms with Gasteiger partial charge in [-0.05, 0) is 47.9 Å². The van der Waals surface area contributed by atoms with Crippen molar-refractivity contribution in [2.75, 3.05) is 7.11 Å². The van der Waals surface area contributed by atoms with Crippen LogP contribution in [0.4, 0.5) is 13.2 Å². The Hall–Kier alpha value is -2.89. The number of amides is 1. The number of benzene rings is 2. The van der Waals surface area contributed by atoms with E-state index in [1.807, 2.05) is 0 Å². The average molecular weight is 483 g/mol. The van der Waals surface area contributed by atoms with Crippen LogP contribution in [0.2, 0.25) is 0 Å². The molecule has 11 heteroatoms. The standard InChI is InChI=1S/C21H17F3N2O4S2/c1-29-19(28)15(25)9-11-2-5-13(6-3-11)30-16-7-4-12(8-14(16)21(22,23)24)10-17-18(27)26-20(31)32-17/h2-8,10,15H,9,25H2,1H3,(H,26,27,31)/t15-/m0/s1. The Kier molecular flexibility index (Phi) is 7.22. The van der Waals surface area contributed by atoms with Gasteiger partial charge in [-0.15, -0.1) is 0 Å². The molecule has 6 nitrogen and oxygen atoms in total. The highest BCUT2D eigenvalue weighted by Gasteiger charge is 2.35. The molecule has 0 saturated carbocycles. The van der Waals surface area contributed by atoms with Gasteiger partial charge in [0, 0.05) is 0 Å². The zero-order valence-electron chi connectivity index (χ0n) is 16.6. The van der Waals surface area contributed by atoms with E-state index in [4.69, 9.17) is 22.7 Å². The molecular formula is C21H17F3N2O4S2. The van der Waals surface area contributed by atoms with Gasteiger partial charge in [-0.2, -0.15) is 13.2 Å². The molecule has 168 valence electrons. The molecule has 0 aromatic heterocycles. The second-order valence-electron chi connectivity index (χ2n) is 6.69. The number of thioether (sulfide) groups is 1. The highest BCUT2D eigenvalue weighted by Crippen LogP contribution is 2.39. The molecule has 1 atom stereocenters. The van der Waals surface area contributed by atoms with E-state index in [9.17, 15) is 22.8 Å². The molecule has 3 rings (SSSR count). The molecule has 0 bridgehead atoms. The number of alkyl halides is 3. The molecule has 2 aromatic rings. The zero-order chi connectivity index (χ0) is 23.5. The molecule has 1 aliphatic heterocycles. The summed E-state index contributed by atoms with van der Waals surface area (Å²) >= 11 is 5.86. The van der Waals surface area contributed by atoms with Gasteiger partial charge < -0.3 is 20.5 Å². The number of hydrogen-bond donors (Lipinski definition) is 2. The Balaban J connectivity index is 1.82. The molecular weight excluding hydrogens is 465 g/mol. The number of hydrogen-bond acceptors (Lipinski definition) is 7. The van der Waals surface area contributed by atoms with Gasteiger partial charge in [-0.25, -0.2) is 0 Å². The number of carbonyl (C=O) groups excluding carboxylic acids is 2. The third-order valence-electron chi connectivity index (χ3n) is 4.36. The molecule has 1 amide bonds. The van der Waals surface area contributed by atoms with Crippen molar-refractivity contribution in [2.45, 2.75) is 18.6 Å². The summed E-state index contributed by atoms with van der Waals surface area (Å²) in [5.41, 5.74) is 5.59. The Morgan fingerprint density at radius 3 is 2.50 bits per heavy atom. The molecule has 0 radical (unpaired) electrons. The minimum Gasteiger partial charge on any atom is -0.468 e. The van der Waals surface area contributed by atoms with Crippen LogP contribution in [0.5, 0.6) is 11.5 Å². The smallest absolute Gasteiger partial charge is 0.420 e. The average Bonchev–Trinajstić information content (AvgIpc) is 3.05. The fourth-order valence-electron chi connectivity index (χ4n) is 2.83. The normalized spacial score (nSPS) is 16.1. The van der Waals surface area contributed by atoms with Gasteiger partial charge >= 0.3 is 12.1 Å². The predicted molar refractivity (Wildman–Crippen MR) is 118 cm³/mol. The monoisotopic (exact) mass is 482 g/mol. The summed E-state index contributed by atoms with van der Waals surface area (Å²) in [6, 6.07) is 8.82. The van der Waals surface area contributed by atoms with Crippen LogP contribution in [-0.2, 0) is 26.9 Å². The predicted octanol–water partition coefficient (Wildman–Crippen LogP) is 4.03. The number of thiocarbonyl (C=S) groups is 1. The first-order valence-corrected chi connectivity index (χ1v) is 10.4. The molecule has 32 heavy (non-hydrogen) atoms. The Morgan fingerprint density at radius 2 is 1.94 bits per heavy atom. The van der Waals surface area contributed by atoms with Gasteiger partial charge in [0.05, 0.1) is 17.6 Å². The summed E-state index contributed by atoms with van der Waals surface area (Å²) in [5, 5.41) is 2.41. The van der Waals surface area contributed by atoms with Crippen LogP contribution >= 0.6 is 24.0 Å². The summed E-state index contributed by atoms with van der Waals surface area (Å²) < 4.78 is 51.2. The number of methoxy groups -OCH3 is 1. The quantitative estimate of drug-likeness (QED) is 0.365. The van der Waals surface area contributed by atoms with E-state index >= 15 is 0 Å². The minimum atomic E-state index is -4.68. The van der Waals surface area contributed by atoms with E-state index in [1.165, 1.54) is 37.5 Å². The van der Waals surface area contributed by atoms with Crippen molar-refractivity contribution in [2.24, 2.45) is 5.73 Å². The lowest BCUT2D eigenvalue weighted by atomic mass is 10.1. The summed E-state index contributed by atoms with van der Waals surface area (Å²) in [6.07, 6.45) is -3.14. The zero-order valence-corrected chi connectivity index (χ0v) is 18.2. The number of carbonyl (C=O) groups is 2.